The van der Waals surface area contributed by atoms with Gasteiger partial charge in [-0.3, -0.25) is 4.55 Å². The van der Waals surface area contributed by atoms with E-state index in [1.54, 1.807) is 0 Å². The zero-order chi connectivity index (χ0) is 13.7. The summed E-state index contributed by atoms with van der Waals surface area (Å²) >= 11 is 0. The molecule has 0 atom stereocenters. The van der Waals surface area contributed by atoms with Crippen LogP contribution in [0, 0.1) is 0 Å². The first kappa shape index (κ1) is 21.1. The molecule has 0 aliphatic rings. The van der Waals surface area contributed by atoms with Crippen LogP contribution in [0.4, 0.5) is 0 Å². The summed E-state index contributed by atoms with van der Waals surface area (Å²) < 4.78 is 33.1. The van der Waals surface area contributed by atoms with E-state index < -0.39 is 10.4 Å². The van der Waals surface area contributed by atoms with Crippen LogP contribution in [0.2, 0.25) is 0 Å². The Morgan fingerprint density at radius 1 is 0.789 bits per heavy atom. The maximum atomic E-state index is 10.2. The summed E-state index contributed by atoms with van der Waals surface area (Å²) in [5.41, 5.74) is 0. The first-order valence-electron chi connectivity index (χ1n) is 7.18. The van der Waals surface area contributed by atoms with E-state index in [4.69, 9.17) is 4.55 Å². The largest absolute Gasteiger partial charge is 0.412 e. The van der Waals surface area contributed by atoms with Gasteiger partial charge in [-0.25, -0.2) is 4.18 Å². The Bertz CT molecular complexity index is 264. The van der Waals surface area contributed by atoms with E-state index in [0.717, 1.165) is 12.8 Å². The van der Waals surface area contributed by atoms with Crippen molar-refractivity contribution in [2.24, 2.45) is 0 Å². The number of rotatable bonds is 13. The summed E-state index contributed by atoms with van der Waals surface area (Å²) in [4.78, 5) is 0. The smallest absolute Gasteiger partial charge is 0.397 e. The molecule has 0 unspecified atom stereocenters. The maximum absolute atomic E-state index is 10.2. The molecule has 5 nitrogen and oxygen atoms in total. The minimum absolute atomic E-state index is 0. The van der Waals surface area contributed by atoms with Gasteiger partial charge in [-0.1, -0.05) is 71.1 Å². The van der Waals surface area contributed by atoms with Crippen LogP contribution in [-0.2, 0) is 14.6 Å². The zero-order valence-corrected chi connectivity index (χ0v) is 12.9. The van der Waals surface area contributed by atoms with Gasteiger partial charge in [0.25, 0.3) is 0 Å². The van der Waals surface area contributed by atoms with Gasteiger partial charge < -0.3 is 5.48 Å². The van der Waals surface area contributed by atoms with Crippen LogP contribution in [0.15, 0.2) is 0 Å². The molecule has 0 saturated carbocycles. The van der Waals surface area contributed by atoms with Crippen molar-refractivity contribution in [3.8, 4) is 0 Å². The van der Waals surface area contributed by atoms with Gasteiger partial charge in [-0.15, -0.1) is 0 Å². The first-order chi connectivity index (χ1) is 8.56. The van der Waals surface area contributed by atoms with Crippen molar-refractivity contribution < 1.29 is 22.6 Å². The minimum Gasteiger partial charge on any atom is -0.412 e. The fraction of sp³-hybridized carbons (Fsp3) is 1.00. The summed E-state index contributed by atoms with van der Waals surface area (Å²) in [5, 5.41) is 0. The first-order valence-corrected chi connectivity index (χ1v) is 8.54. The summed E-state index contributed by atoms with van der Waals surface area (Å²) in [6.07, 6.45) is 13.3. The molecule has 0 aliphatic heterocycles. The van der Waals surface area contributed by atoms with Crippen molar-refractivity contribution in [1.29, 1.82) is 0 Å². The Kier molecular flexibility index (Phi) is 15.8. The lowest BCUT2D eigenvalue weighted by atomic mass is 10.1. The van der Waals surface area contributed by atoms with Crippen LogP contribution in [0.5, 0.6) is 0 Å². The molecule has 0 amide bonds. The van der Waals surface area contributed by atoms with E-state index in [2.05, 4.69) is 11.1 Å². The van der Waals surface area contributed by atoms with Crippen LogP contribution >= 0.6 is 0 Å². The molecule has 0 radical (unpaired) electrons. The second-order valence-corrected chi connectivity index (χ2v) is 5.88. The third kappa shape index (κ3) is 20.3. The molecule has 118 valence electrons. The highest BCUT2D eigenvalue weighted by atomic mass is 32.3. The Balaban J connectivity index is 0. The van der Waals surface area contributed by atoms with E-state index >= 15 is 0 Å². The molecule has 0 aromatic rings. The lowest BCUT2D eigenvalue weighted by molar-refractivity contribution is 0.261. The molecule has 0 spiro atoms. The molecule has 0 heterocycles. The van der Waals surface area contributed by atoms with Crippen molar-refractivity contribution in [1.82, 2.24) is 0 Å². The summed E-state index contributed by atoms with van der Waals surface area (Å²) in [5.74, 6) is 0. The Morgan fingerprint density at radius 3 is 1.53 bits per heavy atom. The van der Waals surface area contributed by atoms with Gasteiger partial charge in [0, 0.05) is 0 Å². The SMILES string of the molecule is CCCCCCCCCCCCCOS(=O)(=O)O.O. The Labute approximate surface area is 118 Å². The highest BCUT2D eigenvalue weighted by molar-refractivity contribution is 7.80. The predicted octanol–water partition coefficient (Wildman–Crippen LogP) is 3.29. The van der Waals surface area contributed by atoms with Crippen LogP contribution in [0.25, 0.3) is 0 Å². The highest BCUT2D eigenvalue weighted by Gasteiger charge is 2.02. The summed E-state index contributed by atoms with van der Waals surface area (Å²) in [7, 11) is -4.24. The molecule has 0 rings (SSSR count). The second kappa shape index (κ2) is 14.2. The Hall–Kier alpha value is -0.170. The van der Waals surface area contributed by atoms with E-state index in [1.807, 2.05) is 0 Å². The van der Waals surface area contributed by atoms with Gasteiger partial charge in [-0.05, 0) is 6.42 Å². The number of hydrogen-bond donors (Lipinski definition) is 1. The highest BCUT2D eigenvalue weighted by Crippen LogP contribution is 2.11. The average molecular weight is 298 g/mol. The third-order valence-electron chi connectivity index (χ3n) is 2.98. The topological polar surface area (TPSA) is 95.1 Å². The third-order valence-corrected chi connectivity index (χ3v) is 3.44. The lowest BCUT2D eigenvalue weighted by Crippen LogP contribution is -2.04. The van der Waals surface area contributed by atoms with E-state index in [9.17, 15) is 8.42 Å². The maximum Gasteiger partial charge on any atom is 0.397 e. The number of unbranched alkanes of at least 4 members (excludes halogenated alkanes) is 10. The molecule has 0 aliphatic carbocycles. The van der Waals surface area contributed by atoms with E-state index in [-0.39, 0.29) is 12.1 Å². The van der Waals surface area contributed by atoms with Crippen LogP contribution in [0.1, 0.15) is 77.6 Å². The van der Waals surface area contributed by atoms with E-state index in [0.29, 0.717) is 6.42 Å². The standard InChI is InChI=1S/C13H28O4S.H2O/c1-2-3-4-5-6-7-8-9-10-11-12-13-17-18(14,15)16;/h2-13H2,1H3,(H,14,15,16);1H2. The summed E-state index contributed by atoms with van der Waals surface area (Å²) in [6.45, 7) is 2.32. The van der Waals surface area contributed by atoms with Crippen molar-refractivity contribution in [2.45, 2.75) is 77.6 Å². The predicted molar refractivity (Wildman–Crippen MR) is 77.6 cm³/mol. The Morgan fingerprint density at radius 2 is 1.16 bits per heavy atom. The monoisotopic (exact) mass is 298 g/mol. The van der Waals surface area contributed by atoms with Crippen molar-refractivity contribution in [3.63, 3.8) is 0 Å². The van der Waals surface area contributed by atoms with Gasteiger partial charge in [0.05, 0.1) is 6.61 Å². The molecule has 3 N–H and O–H groups in total. The van der Waals surface area contributed by atoms with Crippen LogP contribution < -0.4 is 0 Å². The van der Waals surface area contributed by atoms with Gasteiger partial charge >= 0.3 is 10.4 Å². The summed E-state index contributed by atoms with van der Waals surface area (Å²) in [6, 6.07) is 0. The van der Waals surface area contributed by atoms with Crippen molar-refractivity contribution in [2.75, 3.05) is 6.61 Å². The average Bonchev–Trinajstić information content (AvgIpc) is 2.29. The van der Waals surface area contributed by atoms with Gasteiger partial charge in [-0.2, -0.15) is 8.42 Å². The van der Waals surface area contributed by atoms with Crippen molar-refractivity contribution >= 4 is 10.4 Å². The molecule has 6 heteroatoms. The van der Waals surface area contributed by atoms with E-state index in [1.165, 1.54) is 51.4 Å². The molecule has 0 aromatic carbocycles. The molecule has 0 bridgehead atoms. The quantitative estimate of drug-likeness (QED) is 0.417. The van der Waals surface area contributed by atoms with Crippen LogP contribution in [-0.4, -0.2) is 25.1 Å². The lowest BCUT2D eigenvalue weighted by Gasteiger charge is -2.02. The minimum atomic E-state index is -4.24. The molecule has 0 saturated heterocycles. The molecule has 0 aromatic heterocycles. The number of hydrogen-bond acceptors (Lipinski definition) is 3. The molecule has 0 fully saturated rings. The molecule has 19 heavy (non-hydrogen) atoms. The molecular formula is C13H30O5S. The zero-order valence-electron chi connectivity index (χ0n) is 12.1. The van der Waals surface area contributed by atoms with Gasteiger partial charge in [0.15, 0.2) is 0 Å². The van der Waals surface area contributed by atoms with Crippen molar-refractivity contribution in [3.05, 3.63) is 0 Å². The molecular weight excluding hydrogens is 268 g/mol. The normalized spacial score (nSPS) is 11.3. The van der Waals surface area contributed by atoms with Gasteiger partial charge in [0.1, 0.15) is 0 Å². The van der Waals surface area contributed by atoms with Crippen LogP contribution in [0.3, 0.4) is 0 Å². The second-order valence-electron chi connectivity index (χ2n) is 4.79. The van der Waals surface area contributed by atoms with Gasteiger partial charge in [0.2, 0.25) is 0 Å². The fourth-order valence-electron chi connectivity index (χ4n) is 1.93. The fourth-order valence-corrected chi connectivity index (χ4v) is 2.26.